The number of aromatic nitrogens is 3. The van der Waals surface area contributed by atoms with Gasteiger partial charge in [-0.25, -0.2) is 9.97 Å². The van der Waals surface area contributed by atoms with Crippen LogP contribution in [-0.2, 0) is 6.61 Å². The van der Waals surface area contributed by atoms with Gasteiger partial charge < -0.3 is 25.8 Å². The molecule has 152 valence electrons. The first-order valence-electron chi connectivity index (χ1n) is 8.99. The number of aliphatic hydroxyl groups excluding tert-OH is 2. The fourth-order valence-electron chi connectivity index (χ4n) is 3.18. The summed E-state index contributed by atoms with van der Waals surface area (Å²) in [5.74, 6) is -0.0235. The van der Waals surface area contributed by atoms with E-state index in [0.717, 1.165) is 0 Å². The molecule has 0 aliphatic carbocycles. The van der Waals surface area contributed by atoms with Crippen LogP contribution in [0.1, 0.15) is 33.4 Å². The second-order valence-electron chi connectivity index (χ2n) is 6.42. The highest BCUT2D eigenvalue weighted by molar-refractivity contribution is 6.30. The predicted octanol–water partition coefficient (Wildman–Crippen LogP) is 2.43. The Hall–Kier alpha value is -2.94. The molecule has 1 atom stereocenters. The molecule has 1 aromatic carbocycles. The maximum absolute atomic E-state index is 12.9. The first-order chi connectivity index (χ1) is 14.0. The van der Waals surface area contributed by atoms with E-state index in [1.807, 2.05) is 0 Å². The van der Waals surface area contributed by atoms with Crippen molar-refractivity contribution in [2.24, 2.45) is 0 Å². The lowest BCUT2D eigenvalue weighted by Gasteiger charge is -2.17. The molecule has 0 spiro atoms. The Morgan fingerprint density at radius 1 is 1.31 bits per heavy atom. The van der Waals surface area contributed by atoms with E-state index in [9.17, 15) is 15.0 Å². The molecule has 8 nitrogen and oxygen atoms in total. The highest BCUT2D eigenvalue weighted by Crippen LogP contribution is 2.30. The first kappa shape index (κ1) is 20.8. The molecule has 9 heteroatoms. The summed E-state index contributed by atoms with van der Waals surface area (Å²) in [7, 11) is 1.71. The topological polar surface area (TPSA) is 123 Å². The lowest BCUT2D eigenvalue weighted by atomic mass is 10.0. The Kier molecular flexibility index (Phi) is 6.48. The lowest BCUT2D eigenvalue weighted by Crippen LogP contribution is -2.31. The van der Waals surface area contributed by atoms with Gasteiger partial charge in [-0.15, -0.1) is 0 Å². The molecule has 1 amide bonds. The number of carbonyl (C=O) groups is 1. The molecular formula is C20H22ClN5O3. The van der Waals surface area contributed by atoms with Crippen LogP contribution in [-0.4, -0.2) is 44.7 Å². The Morgan fingerprint density at radius 3 is 2.76 bits per heavy atom. The predicted molar refractivity (Wildman–Crippen MR) is 111 cm³/mol. The Morgan fingerprint density at radius 2 is 2.10 bits per heavy atom. The molecule has 3 rings (SSSR count). The minimum Gasteiger partial charge on any atom is -0.394 e. The van der Waals surface area contributed by atoms with Crippen molar-refractivity contribution in [3.8, 4) is 11.3 Å². The van der Waals surface area contributed by atoms with Crippen LogP contribution in [0.5, 0.6) is 0 Å². The summed E-state index contributed by atoms with van der Waals surface area (Å²) < 4.78 is 0. The number of carbonyl (C=O) groups excluding carboxylic acids is 1. The maximum Gasteiger partial charge on any atom is 0.268 e. The molecule has 0 saturated heterocycles. The summed E-state index contributed by atoms with van der Waals surface area (Å²) in [6, 6.07) is 7.98. The van der Waals surface area contributed by atoms with E-state index in [0.29, 0.717) is 39.0 Å². The summed E-state index contributed by atoms with van der Waals surface area (Å²) in [5.41, 5.74) is 3.21. The van der Waals surface area contributed by atoms with Crippen LogP contribution in [0.2, 0.25) is 5.02 Å². The normalized spacial score (nSPS) is 11.9. The van der Waals surface area contributed by atoms with Gasteiger partial charge in [-0.3, -0.25) is 4.79 Å². The van der Waals surface area contributed by atoms with Crippen LogP contribution in [0.15, 0.2) is 36.5 Å². The Bertz CT molecular complexity index is 1020. The standard InChI is InChI=1S/C20H22ClN5O3/c1-11-17(15-6-7-23-20(22-2)26-15)14(9-27)18(24-11)19(29)25-16(10-28)12-4-3-5-13(21)8-12/h3-8,16,24,27-28H,9-10H2,1-2H3,(H,25,29)(H,22,23,26)/t16-/m1/s1. The van der Waals surface area contributed by atoms with E-state index >= 15 is 0 Å². The maximum atomic E-state index is 12.9. The third-order valence-corrected chi connectivity index (χ3v) is 4.79. The number of amides is 1. The van der Waals surface area contributed by atoms with Gasteiger partial charge in [0.25, 0.3) is 5.91 Å². The second-order valence-corrected chi connectivity index (χ2v) is 6.85. The van der Waals surface area contributed by atoms with E-state index in [1.165, 1.54) is 0 Å². The van der Waals surface area contributed by atoms with Crippen LogP contribution in [0.4, 0.5) is 5.95 Å². The number of aryl methyl sites for hydroxylation is 1. The molecule has 0 aliphatic heterocycles. The molecule has 0 saturated carbocycles. The van der Waals surface area contributed by atoms with Crippen molar-refractivity contribution in [1.29, 1.82) is 0 Å². The summed E-state index contributed by atoms with van der Waals surface area (Å²) in [6.45, 7) is 1.14. The number of aromatic amines is 1. The highest BCUT2D eigenvalue weighted by atomic mass is 35.5. The quantitative estimate of drug-likeness (QED) is 0.404. The highest BCUT2D eigenvalue weighted by Gasteiger charge is 2.24. The molecule has 0 radical (unpaired) electrons. The summed E-state index contributed by atoms with van der Waals surface area (Å²) in [5, 5.41) is 25.9. The van der Waals surface area contributed by atoms with Gasteiger partial charge in [-0.05, 0) is 30.7 Å². The molecule has 0 unspecified atom stereocenters. The zero-order valence-electron chi connectivity index (χ0n) is 16.0. The van der Waals surface area contributed by atoms with Crippen LogP contribution in [0.25, 0.3) is 11.3 Å². The smallest absolute Gasteiger partial charge is 0.268 e. The second kappa shape index (κ2) is 9.04. The molecule has 2 aromatic heterocycles. The monoisotopic (exact) mass is 415 g/mol. The van der Waals surface area contributed by atoms with E-state index in [1.54, 1.807) is 50.5 Å². The van der Waals surface area contributed by atoms with Gasteiger partial charge in [-0.2, -0.15) is 0 Å². The van der Waals surface area contributed by atoms with Crippen LogP contribution < -0.4 is 10.6 Å². The third-order valence-electron chi connectivity index (χ3n) is 4.55. The third kappa shape index (κ3) is 4.40. The molecular weight excluding hydrogens is 394 g/mol. The van der Waals surface area contributed by atoms with Crippen molar-refractivity contribution in [2.45, 2.75) is 19.6 Å². The molecule has 3 aromatic rings. The minimum atomic E-state index is -0.644. The average molecular weight is 416 g/mol. The fourth-order valence-corrected chi connectivity index (χ4v) is 3.38. The molecule has 0 bridgehead atoms. The Labute approximate surface area is 173 Å². The van der Waals surface area contributed by atoms with Crippen molar-refractivity contribution in [3.63, 3.8) is 0 Å². The van der Waals surface area contributed by atoms with E-state index in [4.69, 9.17) is 11.6 Å². The van der Waals surface area contributed by atoms with Crippen molar-refractivity contribution in [1.82, 2.24) is 20.3 Å². The SMILES string of the molecule is CNc1nccc(-c2c(C)[nH]c(C(=O)N[C@H](CO)c3cccc(Cl)c3)c2CO)n1. The number of rotatable bonds is 7. The minimum absolute atomic E-state index is 0.213. The van der Waals surface area contributed by atoms with Gasteiger partial charge in [0.05, 0.1) is 24.9 Å². The molecule has 0 aliphatic rings. The van der Waals surface area contributed by atoms with Crippen LogP contribution in [0, 0.1) is 6.92 Å². The number of nitrogens with zero attached hydrogens (tertiary/aromatic N) is 2. The molecule has 5 N–H and O–H groups in total. The number of H-pyrrole nitrogens is 1. The number of hydrogen-bond acceptors (Lipinski definition) is 6. The number of halogens is 1. The fraction of sp³-hybridized carbons (Fsp3) is 0.250. The van der Waals surface area contributed by atoms with Crippen molar-refractivity contribution >= 4 is 23.5 Å². The van der Waals surface area contributed by atoms with Gasteiger partial charge in [-0.1, -0.05) is 23.7 Å². The largest absolute Gasteiger partial charge is 0.394 e. The molecule has 2 heterocycles. The zero-order chi connectivity index (χ0) is 21.0. The first-order valence-corrected chi connectivity index (χ1v) is 9.37. The Balaban J connectivity index is 1.95. The zero-order valence-corrected chi connectivity index (χ0v) is 16.8. The van der Waals surface area contributed by atoms with Crippen LogP contribution in [0.3, 0.4) is 0 Å². The lowest BCUT2D eigenvalue weighted by molar-refractivity contribution is 0.0908. The number of hydrogen-bond donors (Lipinski definition) is 5. The van der Waals surface area contributed by atoms with E-state index < -0.39 is 11.9 Å². The van der Waals surface area contributed by atoms with Gasteiger partial charge >= 0.3 is 0 Å². The van der Waals surface area contributed by atoms with Gasteiger partial charge in [0.2, 0.25) is 5.95 Å². The van der Waals surface area contributed by atoms with Crippen molar-refractivity contribution < 1.29 is 15.0 Å². The van der Waals surface area contributed by atoms with E-state index in [-0.39, 0.29) is 18.9 Å². The number of benzene rings is 1. The number of nitrogens with one attached hydrogen (secondary N) is 3. The summed E-state index contributed by atoms with van der Waals surface area (Å²) >= 11 is 6.01. The van der Waals surface area contributed by atoms with Gasteiger partial charge in [0.1, 0.15) is 5.69 Å². The van der Waals surface area contributed by atoms with E-state index in [2.05, 4.69) is 25.6 Å². The summed E-state index contributed by atoms with van der Waals surface area (Å²) in [6.07, 6.45) is 1.60. The van der Waals surface area contributed by atoms with Crippen molar-refractivity contribution in [3.05, 3.63) is 64.1 Å². The van der Waals surface area contributed by atoms with Gasteiger partial charge in [0, 0.05) is 35.1 Å². The van der Waals surface area contributed by atoms with Crippen LogP contribution >= 0.6 is 11.6 Å². The van der Waals surface area contributed by atoms with Crippen molar-refractivity contribution in [2.75, 3.05) is 19.0 Å². The summed E-state index contributed by atoms with van der Waals surface area (Å²) in [4.78, 5) is 24.4. The van der Waals surface area contributed by atoms with Gasteiger partial charge in [0.15, 0.2) is 0 Å². The number of anilines is 1. The number of aliphatic hydroxyl groups is 2. The molecule has 0 fully saturated rings. The molecule has 29 heavy (non-hydrogen) atoms. The average Bonchev–Trinajstić information content (AvgIpc) is 3.08.